The number of rotatable bonds is 5. The summed E-state index contributed by atoms with van der Waals surface area (Å²) in [6.45, 7) is 9.56. The first-order chi connectivity index (χ1) is 4.85. The van der Waals surface area contributed by atoms with Crippen LogP contribution in [-0.4, -0.2) is 24.5 Å². The molecule has 0 aromatic carbocycles. The molecule has 10 heavy (non-hydrogen) atoms. The molecule has 0 amide bonds. The van der Waals surface area contributed by atoms with Crippen molar-refractivity contribution in [2.45, 2.75) is 20.8 Å². The van der Waals surface area contributed by atoms with Crippen LogP contribution in [0.25, 0.3) is 0 Å². The lowest BCUT2D eigenvalue weighted by Gasteiger charge is -2.14. The zero-order chi connectivity index (χ0) is 7.82. The summed E-state index contributed by atoms with van der Waals surface area (Å²) in [4.78, 5) is 2.24. The van der Waals surface area contributed by atoms with Crippen LogP contribution in [0.4, 0.5) is 0 Å². The smallest absolute Gasteiger partial charge is 0.0150 e. The largest absolute Gasteiger partial charge is 0.390 e. The molecular formula is C8H18N2. The first-order valence-corrected chi connectivity index (χ1v) is 3.99. The van der Waals surface area contributed by atoms with E-state index in [2.05, 4.69) is 37.2 Å². The summed E-state index contributed by atoms with van der Waals surface area (Å²) in [6, 6.07) is 0. The fourth-order valence-electron chi connectivity index (χ4n) is 0.710. The molecule has 0 aliphatic carbocycles. The summed E-state index contributed by atoms with van der Waals surface area (Å²) < 4.78 is 0. The van der Waals surface area contributed by atoms with Crippen molar-refractivity contribution >= 4 is 0 Å². The van der Waals surface area contributed by atoms with Crippen molar-refractivity contribution in [3.63, 3.8) is 0 Å². The van der Waals surface area contributed by atoms with Crippen molar-refractivity contribution in [3.8, 4) is 0 Å². The third-order valence-electron chi connectivity index (χ3n) is 1.42. The predicted octanol–water partition coefficient (Wildman–Crippen LogP) is 1.41. The first-order valence-electron chi connectivity index (χ1n) is 3.99. The Kier molecular flexibility index (Phi) is 6.03. The summed E-state index contributed by atoms with van der Waals surface area (Å²) in [7, 11) is 0. The summed E-state index contributed by atoms with van der Waals surface area (Å²) in [5, 5.41) is 3.13. The SMILES string of the molecule is CCN/C=C/N(CC)CC. The van der Waals surface area contributed by atoms with Gasteiger partial charge in [0.1, 0.15) is 0 Å². The third-order valence-corrected chi connectivity index (χ3v) is 1.42. The van der Waals surface area contributed by atoms with E-state index in [1.807, 2.05) is 6.20 Å². The average molecular weight is 142 g/mol. The van der Waals surface area contributed by atoms with Crippen LogP contribution in [0.3, 0.4) is 0 Å². The Morgan fingerprint density at radius 2 is 1.80 bits per heavy atom. The van der Waals surface area contributed by atoms with Crippen LogP contribution in [0.1, 0.15) is 20.8 Å². The topological polar surface area (TPSA) is 15.3 Å². The molecule has 0 saturated heterocycles. The molecule has 0 aromatic rings. The number of nitrogens with zero attached hydrogens (tertiary/aromatic N) is 1. The number of hydrogen-bond donors (Lipinski definition) is 1. The van der Waals surface area contributed by atoms with Gasteiger partial charge in [0.05, 0.1) is 0 Å². The molecule has 0 fully saturated rings. The molecule has 0 heterocycles. The fourth-order valence-corrected chi connectivity index (χ4v) is 0.710. The Bertz CT molecular complexity index is 85.3. The lowest BCUT2D eigenvalue weighted by molar-refractivity contribution is 0.416. The van der Waals surface area contributed by atoms with Gasteiger partial charge in [0, 0.05) is 32.0 Å². The number of nitrogens with one attached hydrogen (secondary N) is 1. The second-order valence-corrected chi connectivity index (χ2v) is 2.09. The monoisotopic (exact) mass is 142 g/mol. The highest BCUT2D eigenvalue weighted by Gasteiger charge is 1.86. The third kappa shape index (κ3) is 4.24. The van der Waals surface area contributed by atoms with Gasteiger partial charge >= 0.3 is 0 Å². The Morgan fingerprint density at radius 3 is 2.20 bits per heavy atom. The summed E-state index contributed by atoms with van der Waals surface area (Å²) in [5.41, 5.74) is 0. The molecule has 0 aliphatic heterocycles. The van der Waals surface area contributed by atoms with Gasteiger partial charge in [-0.3, -0.25) is 0 Å². The Hall–Kier alpha value is -0.660. The standard InChI is InChI=1S/C8H18N2/c1-4-9-7-8-10(5-2)6-3/h7-9H,4-6H2,1-3H3/b8-7+. The summed E-state index contributed by atoms with van der Waals surface area (Å²) in [5.74, 6) is 0. The first kappa shape index (κ1) is 9.34. The van der Waals surface area contributed by atoms with E-state index in [1.54, 1.807) is 0 Å². The van der Waals surface area contributed by atoms with Crippen molar-refractivity contribution in [3.05, 3.63) is 12.4 Å². The quantitative estimate of drug-likeness (QED) is 0.624. The molecule has 0 spiro atoms. The van der Waals surface area contributed by atoms with E-state index in [4.69, 9.17) is 0 Å². The molecular weight excluding hydrogens is 124 g/mol. The van der Waals surface area contributed by atoms with E-state index in [9.17, 15) is 0 Å². The highest BCUT2D eigenvalue weighted by Crippen LogP contribution is 1.85. The minimum Gasteiger partial charge on any atom is -0.390 e. The van der Waals surface area contributed by atoms with Crippen LogP contribution in [0.2, 0.25) is 0 Å². The van der Waals surface area contributed by atoms with E-state index in [0.717, 1.165) is 19.6 Å². The van der Waals surface area contributed by atoms with Gasteiger partial charge in [-0.25, -0.2) is 0 Å². The Morgan fingerprint density at radius 1 is 1.20 bits per heavy atom. The van der Waals surface area contributed by atoms with Gasteiger partial charge in [-0.2, -0.15) is 0 Å². The highest BCUT2D eigenvalue weighted by atomic mass is 15.1. The molecule has 60 valence electrons. The van der Waals surface area contributed by atoms with Gasteiger partial charge in [0.2, 0.25) is 0 Å². The van der Waals surface area contributed by atoms with Gasteiger partial charge in [-0.15, -0.1) is 0 Å². The molecule has 0 aromatic heterocycles. The van der Waals surface area contributed by atoms with Gasteiger partial charge in [0.15, 0.2) is 0 Å². The van der Waals surface area contributed by atoms with Crippen LogP contribution >= 0.6 is 0 Å². The van der Waals surface area contributed by atoms with Crippen molar-refractivity contribution in [1.29, 1.82) is 0 Å². The summed E-state index contributed by atoms with van der Waals surface area (Å²) in [6.07, 6.45) is 4.08. The van der Waals surface area contributed by atoms with Gasteiger partial charge in [-0.1, -0.05) is 0 Å². The lowest BCUT2D eigenvalue weighted by atomic mass is 10.5. The van der Waals surface area contributed by atoms with Gasteiger partial charge in [-0.05, 0) is 20.8 Å². The van der Waals surface area contributed by atoms with E-state index in [1.165, 1.54) is 0 Å². The van der Waals surface area contributed by atoms with E-state index >= 15 is 0 Å². The lowest BCUT2D eigenvalue weighted by Crippen LogP contribution is -2.16. The maximum Gasteiger partial charge on any atom is 0.0150 e. The molecule has 0 atom stereocenters. The summed E-state index contributed by atoms with van der Waals surface area (Å²) >= 11 is 0. The maximum atomic E-state index is 3.13. The van der Waals surface area contributed by atoms with Crippen LogP contribution in [-0.2, 0) is 0 Å². The van der Waals surface area contributed by atoms with Crippen LogP contribution in [0.5, 0.6) is 0 Å². The van der Waals surface area contributed by atoms with Gasteiger partial charge in [0.25, 0.3) is 0 Å². The van der Waals surface area contributed by atoms with Crippen LogP contribution < -0.4 is 5.32 Å². The van der Waals surface area contributed by atoms with Crippen molar-refractivity contribution < 1.29 is 0 Å². The molecule has 0 rings (SSSR count). The second-order valence-electron chi connectivity index (χ2n) is 2.09. The average Bonchev–Trinajstić information content (AvgIpc) is 1.99. The van der Waals surface area contributed by atoms with E-state index in [-0.39, 0.29) is 0 Å². The minimum atomic E-state index is 0.998. The zero-order valence-corrected chi connectivity index (χ0v) is 7.22. The van der Waals surface area contributed by atoms with Crippen molar-refractivity contribution in [1.82, 2.24) is 10.2 Å². The zero-order valence-electron chi connectivity index (χ0n) is 7.22. The van der Waals surface area contributed by atoms with Crippen LogP contribution in [0, 0.1) is 0 Å². The van der Waals surface area contributed by atoms with Crippen LogP contribution in [0.15, 0.2) is 12.4 Å². The van der Waals surface area contributed by atoms with Gasteiger partial charge < -0.3 is 10.2 Å². The molecule has 0 radical (unpaired) electrons. The number of hydrogen-bond acceptors (Lipinski definition) is 2. The van der Waals surface area contributed by atoms with Crippen molar-refractivity contribution in [2.24, 2.45) is 0 Å². The molecule has 1 N–H and O–H groups in total. The predicted molar refractivity (Wildman–Crippen MR) is 45.7 cm³/mol. The highest BCUT2D eigenvalue weighted by molar-refractivity contribution is 4.78. The molecule has 2 nitrogen and oxygen atoms in total. The fraction of sp³-hybridized carbons (Fsp3) is 0.750. The Balaban J connectivity index is 3.40. The Labute approximate surface area is 63.9 Å². The molecule has 0 aliphatic rings. The van der Waals surface area contributed by atoms with E-state index in [0.29, 0.717) is 0 Å². The molecule has 0 saturated carbocycles. The van der Waals surface area contributed by atoms with Crippen molar-refractivity contribution in [2.75, 3.05) is 19.6 Å². The maximum absolute atomic E-state index is 3.13. The normalized spacial score (nSPS) is 10.3. The van der Waals surface area contributed by atoms with E-state index < -0.39 is 0 Å². The minimum absolute atomic E-state index is 0.998. The second kappa shape index (κ2) is 6.46. The molecule has 0 unspecified atom stereocenters. The molecule has 2 heteroatoms. The molecule has 0 bridgehead atoms.